The number of hydrogen-bond acceptors (Lipinski definition) is 4. The Bertz CT molecular complexity index is 1280. The van der Waals surface area contributed by atoms with Gasteiger partial charge in [0.1, 0.15) is 12.4 Å². The predicted octanol–water partition coefficient (Wildman–Crippen LogP) is 3.82. The maximum absolute atomic E-state index is 12.7. The minimum Gasteiger partial charge on any atom is -0.487 e. The molecule has 0 spiro atoms. The van der Waals surface area contributed by atoms with Crippen molar-refractivity contribution >= 4 is 22.7 Å². The molecule has 7 heteroatoms. The summed E-state index contributed by atoms with van der Waals surface area (Å²) >= 11 is 6.24. The highest BCUT2D eigenvalue weighted by Gasteiger charge is 2.22. The Labute approximate surface area is 179 Å². The van der Waals surface area contributed by atoms with Crippen LogP contribution in [0.1, 0.15) is 17.0 Å². The first-order valence-electron chi connectivity index (χ1n) is 9.87. The summed E-state index contributed by atoms with van der Waals surface area (Å²) in [6.45, 7) is 1.89. The Morgan fingerprint density at radius 3 is 2.87 bits per heavy atom. The third kappa shape index (κ3) is 3.38. The molecule has 0 radical (unpaired) electrons. The van der Waals surface area contributed by atoms with Crippen LogP contribution in [0.3, 0.4) is 0 Å². The summed E-state index contributed by atoms with van der Waals surface area (Å²) in [6.07, 6.45) is 4.39. The van der Waals surface area contributed by atoms with E-state index in [0.717, 1.165) is 36.4 Å². The second-order valence-corrected chi connectivity index (χ2v) is 7.94. The number of pyridine rings is 2. The summed E-state index contributed by atoms with van der Waals surface area (Å²) in [5.41, 5.74) is 5.18. The van der Waals surface area contributed by atoms with Gasteiger partial charge in [-0.3, -0.25) is 14.3 Å². The first-order valence-corrected chi connectivity index (χ1v) is 10.2. The van der Waals surface area contributed by atoms with Gasteiger partial charge in [0.05, 0.1) is 16.9 Å². The predicted molar refractivity (Wildman–Crippen MR) is 117 cm³/mol. The molecule has 6 nitrogen and oxygen atoms in total. The molecule has 0 aliphatic carbocycles. The maximum Gasteiger partial charge on any atom is 0.258 e. The summed E-state index contributed by atoms with van der Waals surface area (Å²) in [7, 11) is 2.08. The fourth-order valence-electron chi connectivity index (χ4n) is 4.08. The van der Waals surface area contributed by atoms with E-state index in [1.165, 1.54) is 22.7 Å². The third-order valence-corrected chi connectivity index (χ3v) is 5.91. The number of aromatic nitrogens is 3. The molecule has 1 aliphatic heterocycles. The number of nitrogens with zero attached hydrogens (tertiary/aromatic N) is 4. The van der Waals surface area contributed by atoms with Gasteiger partial charge in [0.2, 0.25) is 0 Å². The van der Waals surface area contributed by atoms with Gasteiger partial charge >= 0.3 is 0 Å². The molecule has 0 saturated carbocycles. The summed E-state index contributed by atoms with van der Waals surface area (Å²) in [5.74, 6) is 0.527. The van der Waals surface area contributed by atoms with Crippen LogP contribution in [0.15, 0.2) is 65.7 Å². The lowest BCUT2D eigenvalue weighted by Gasteiger charge is -2.20. The first kappa shape index (κ1) is 18.9. The van der Waals surface area contributed by atoms with Crippen molar-refractivity contribution in [2.24, 2.45) is 7.05 Å². The van der Waals surface area contributed by atoms with Gasteiger partial charge in [0.15, 0.2) is 0 Å². The second kappa shape index (κ2) is 7.63. The Morgan fingerprint density at radius 1 is 1.17 bits per heavy atom. The van der Waals surface area contributed by atoms with Gasteiger partial charge < -0.3 is 9.30 Å². The SMILES string of the molecule is Cn1c2c(c3ccc(-n4ccc(OCc5ccccn5)cc4=O)cc31)CN(Cl)CC2. The summed E-state index contributed by atoms with van der Waals surface area (Å²) < 4.78 is 11.4. The monoisotopic (exact) mass is 420 g/mol. The maximum atomic E-state index is 12.7. The van der Waals surface area contributed by atoms with Crippen LogP contribution >= 0.6 is 11.8 Å². The number of aryl methyl sites for hydroxylation is 1. The average Bonchev–Trinajstić information content (AvgIpc) is 3.04. The fourth-order valence-corrected chi connectivity index (χ4v) is 4.29. The Balaban J connectivity index is 1.45. The van der Waals surface area contributed by atoms with Crippen LogP contribution in [-0.4, -0.2) is 25.1 Å². The number of fused-ring (bicyclic) bond motifs is 3. The molecule has 0 bridgehead atoms. The highest BCUT2D eigenvalue weighted by atomic mass is 35.5. The van der Waals surface area contributed by atoms with E-state index in [-0.39, 0.29) is 5.56 Å². The number of halogens is 1. The van der Waals surface area contributed by atoms with E-state index in [0.29, 0.717) is 12.4 Å². The van der Waals surface area contributed by atoms with Crippen molar-refractivity contribution in [1.29, 1.82) is 0 Å². The molecule has 4 heterocycles. The van der Waals surface area contributed by atoms with Gasteiger partial charge in [-0.15, -0.1) is 0 Å². The molecule has 0 atom stereocenters. The van der Waals surface area contributed by atoms with Gasteiger partial charge in [-0.05, 0) is 47.7 Å². The zero-order valence-electron chi connectivity index (χ0n) is 16.6. The Morgan fingerprint density at radius 2 is 2.07 bits per heavy atom. The first-order chi connectivity index (χ1) is 14.6. The van der Waals surface area contributed by atoms with E-state index in [4.69, 9.17) is 16.5 Å². The van der Waals surface area contributed by atoms with E-state index in [1.54, 1.807) is 23.0 Å². The lowest BCUT2D eigenvalue weighted by Crippen LogP contribution is -2.22. The molecule has 0 saturated heterocycles. The largest absolute Gasteiger partial charge is 0.487 e. The van der Waals surface area contributed by atoms with Gasteiger partial charge in [-0.25, -0.2) is 4.42 Å². The van der Waals surface area contributed by atoms with Crippen LogP contribution < -0.4 is 10.3 Å². The van der Waals surface area contributed by atoms with E-state index in [9.17, 15) is 4.79 Å². The highest BCUT2D eigenvalue weighted by molar-refractivity contribution is 6.13. The zero-order chi connectivity index (χ0) is 20.7. The molecule has 30 heavy (non-hydrogen) atoms. The molecule has 1 aromatic carbocycles. The van der Waals surface area contributed by atoms with Gasteiger partial charge in [0, 0.05) is 56.1 Å². The molecule has 4 aromatic rings. The molecule has 0 amide bonds. The van der Waals surface area contributed by atoms with E-state index in [2.05, 4.69) is 28.7 Å². The van der Waals surface area contributed by atoms with Crippen molar-refractivity contribution in [3.63, 3.8) is 0 Å². The lowest BCUT2D eigenvalue weighted by atomic mass is 10.1. The third-order valence-electron chi connectivity index (χ3n) is 5.62. The van der Waals surface area contributed by atoms with Crippen LogP contribution in [0, 0.1) is 0 Å². The molecule has 152 valence electrons. The molecule has 3 aromatic heterocycles. The van der Waals surface area contributed by atoms with Crippen molar-refractivity contribution in [2.75, 3.05) is 6.54 Å². The van der Waals surface area contributed by atoms with Crippen LogP contribution in [0.4, 0.5) is 0 Å². The Kier molecular flexibility index (Phi) is 4.81. The summed E-state index contributed by atoms with van der Waals surface area (Å²) in [4.78, 5) is 17.0. The minimum absolute atomic E-state index is 0.140. The quantitative estimate of drug-likeness (QED) is 0.471. The number of benzene rings is 1. The van der Waals surface area contributed by atoms with Crippen LogP contribution in [0.5, 0.6) is 5.75 Å². The summed E-state index contributed by atoms with van der Waals surface area (Å²) in [5, 5.41) is 1.19. The van der Waals surface area contributed by atoms with Gasteiger partial charge in [-0.1, -0.05) is 12.1 Å². The standard InChI is InChI=1S/C23H21ClN4O2/c1-26-21-8-10-27(24)14-20(21)19-6-5-17(12-22(19)26)28-11-7-18(13-23(28)29)30-15-16-4-2-3-9-25-16/h2-7,9,11-13H,8,10,14-15H2,1H3. The van der Waals surface area contributed by atoms with Crippen molar-refractivity contribution in [3.05, 3.63) is 88.2 Å². The molecule has 5 rings (SSSR count). The zero-order valence-corrected chi connectivity index (χ0v) is 17.3. The lowest BCUT2D eigenvalue weighted by molar-refractivity contribution is 0.300. The Hall–Kier alpha value is -3.09. The highest BCUT2D eigenvalue weighted by Crippen LogP contribution is 2.31. The van der Waals surface area contributed by atoms with Crippen molar-refractivity contribution in [2.45, 2.75) is 19.6 Å². The van der Waals surface area contributed by atoms with E-state index < -0.39 is 0 Å². The molecular weight excluding hydrogens is 400 g/mol. The topological polar surface area (TPSA) is 52.3 Å². The number of rotatable bonds is 4. The average molecular weight is 421 g/mol. The van der Waals surface area contributed by atoms with Crippen molar-refractivity contribution in [3.8, 4) is 11.4 Å². The van der Waals surface area contributed by atoms with Crippen LogP contribution in [0.2, 0.25) is 0 Å². The second-order valence-electron chi connectivity index (χ2n) is 7.46. The molecule has 1 aliphatic rings. The molecule has 0 N–H and O–H groups in total. The number of hydrogen-bond donors (Lipinski definition) is 0. The van der Waals surface area contributed by atoms with Crippen molar-refractivity contribution < 1.29 is 4.74 Å². The number of ether oxygens (including phenoxy) is 1. The van der Waals surface area contributed by atoms with E-state index >= 15 is 0 Å². The fraction of sp³-hybridized carbons (Fsp3) is 0.217. The normalized spacial score (nSPS) is 14.1. The molecule has 0 fully saturated rings. The van der Waals surface area contributed by atoms with Crippen LogP contribution in [-0.2, 0) is 26.6 Å². The van der Waals surface area contributed by atoms with Gasteiger partial charge in [0.25, 0.3) is 5.56 Å². The minimum atomic E-state index is -0.140. The summed E-state index contributed by atoms with van der Waals surface area (Å²) in [6, 6.07) is 15.1. The smallest absolute Gasteiger partial charge is 0.258 e. The molecule has 0 unspecified atom stereocenters. The molecular formula is C23H21ClN4O2. The van der Waals surface area contributed by atoms with Gasteiger partial charge in [-0.2, -0.15) is 0 Å². The van der Waals surface area contributed by atoms with Crippen LogP contribution in [0.25, 0.3) is 16.6 Å². The van der Waals surface area contributed by atoms with E-state index in [1.807, 2.05) is 28.7 Å². The van der Waals surface area contributed by atoms with Crippen molar-refractivity contribution in [1.82, 2.24) is 18.5 Å².